The van der Waals surface area contributed by atoms with Crippen LogP contribution in [0.1, 0.15) is 12.5 Å². The summed E-state index contributed by atoms with van der Waals surface area (Å²) in [6, 6.07) is 7.68. The maximum atomic E-state index is 11.7. The van der Waals surface area contributed by atoms with Gasteiger partial charge in [0.05, 0.1) is 0 Å². The molecule has 0 saturated carbocycles. The van der Waals surface area contributed by atoms with E-state index in [4.69, 9.17) is 11.6 Å². The second-order valence-corrected chi connectivity index (χ2v) is 6.16. The predicted octanol–water partition coefficient (Wildman–Crippen LogP) is 2.38. The summed E-state index contributed by atoms with van der Waals surface area (Å²) in [6.07, 6.45) is 0. The van der Waals surface area contributed by atoms with E-state index in [0.717, 1.165) is 11.1 Å². The number of benzene rings is 1. The first kappa shape index (κ1) is 19.0. The predicted molar refractivity (Wildman–Crippen MR) is 96.7 cm³/mol. The van der Waals surface area contributed by atoms with Crippen molar-refractivity contribution >= 4 is 23.5 Å². The molecule has 0 fully saturated rings. The molecule has 0 bridgehead atoms. The average molecular weight is 337 g/mol. The summed E-state index contributed by atoms with van der Waals surface area (Å²) < 4.78 is 0. The fourth-order valence-electron chi connectivity index (χ4n) is 1.81. The van der Waals surface area contributed by atoms with Gasteiger partial charge >= 0.3 is 0 Å². The number of halogens is 1. The van der Waals surface area contributed by atoms with Crippen molar-refractivity contribution in [1.29, 1.82) is 0 Å². The molecule has 1 N–H and O–H groups in total. The quantitative estimate of drug-likeness (QED) is 0.493. The van der Waals surface area contributed by atoms with Gasteiger partial charge in [0.25, 0.3) is 0 Å². The van der Waals surface area contributed by atoms with Crippen molar-refractivity contribution in [3.63, 3.8) is 0 Å². The molecular weight excluding hydrogens is 312 g/mol. The highest BCUT2D eigenvalue weighted by molar-refractivity contribution is 6.30. The molecule has 6 heteroatoms. The van der Waals surface area contributed by atoms with Crippen molar-refractivity contribution < 1.29 is 4.79 Å². The van der Waals surface area contributed by atoms with Gasteiger partial charge in [0.15, 0.2) is 5.96 Å². The molecule has 0 heterocycles. The molecule has 1 amide bonds. The molecule has 0 saturated heterocycles. The molecule has 1 rings (SSSR count). The number of nitrogens with one attached hydrogen (secondary N) is 1. The van der Waals surface area contributed by atoms with E-state index in [1.807, 2.05) is 43.1 Å². The van der Waals surface area contributed by atoms with Gasteiger partial charge in [-0.2, -0.15) is 0 Å². The van der Waals surface area contributed by atoms with Crippen molar-refractivity contribution in [3.8, 4) is 0 Å². The van der Waals surface area contributed by atoms with Crippen molar-refractivity contribution in [3.05, 3.63) is 47.0 Å². The summed E-state index contributed by atoms with van der Waals surface area (Å²) in [4.78, 5) is 19.6. The number of guanidine groups is 1. The second-order valence-electron chi connectivity index (χ2n) is 5.72. The number of aliphatic imine (C=N–C) groups is 1. The van der Waals surface area contributed by atoms with Crippen LogP contribution < -0.4 is 5.32 Å². The van der Waals surface area contributed by atoms with E-state index in [1.165, 1.54) is 4.90 Å². The molecule has 0 aromatic heterocycles. The summed E-state index contributed by atoms with van der Waals surface area (Å²) in [5.41, 5.74) is 2.07. The molecular formula is C17H25ClN4O. The fraction of sp³-hybridized carbons (Fsp3) is 0.412. The van der Waals surface area contributed by atoms with E-state index < -0.39 is 0 Å². The minimum Gasteiger partial charge on any atom is -0.353 e. The minimum absolute atomic E-state index is 0.0456. The van der Waals surface area contributed by atoms with Crippen LogP contribution in [0, 0.1) is 0 Å². The van der Waals surface area contributed by atoms with Crippen molar-refractivity contribution in [2.24, 2.45) is 4.99 Å². The summed E-state index contributed by atoms with van der Waals surface area (Å²) >= 11 is 6.02. The van der Waals surface area contributed by atoms with Crippen LogP contribution in [0.25, 0.3) is 0 Å². The Kier molecular flexibility index (Phi) is 7.62. The van der Waals surface area contributed by atoms with Gasteiger partial charge in [-0.05, 0) is 24.6 Å². The first-order chi connectivity index (χ1) is 10.8. The third-order valence-corrected chi connectivity index (χ3v) is 3.32. The van der Waals surface area contributed by atoms with E-state index in [9.17, 15) is 4.79 Å². The third-order valence-electron chi connectivity index (χ3n) is 3.08. The molecule has 126 valence electrons. The second kappa shape index (κ2) is 9.20. The minimum atomic E-state index is -0.0456. The number of amides is 1. The SMILES string of the molecule is C=C(C)CNC(=NCC(=O)N(C)C)N(C)Cc1cccc(Cl)c1. The van der Waals surface area contributed by atoms with Crippen LogP contribution in [0.15, 0.2) is 41.4 Å². The standard InChI is InChI=1S/C17H25ClN4O/c1-13(2)10-19-17(20-11-16(23)21(3)4)22(5)12-14-7-6-8-15(18)9-14/h6-9H,1,10-12H2,2-5H3,(H,19,20). The lowest BCUT2D eigenvalue weighted by atomic mass is 10.2. The molecule has 0 radical (unpaired) electrons. The smallest absolute Gasteiger partial charge is 0.243 e. The molecule has 0 spiro atoms. The molecule has 0 aliphatic carbocycles. The lowest BCUT2D eigenvalue weighted by Gasteiger charge is -2.23. The van der Waals surface area contributed by atoms with Gasteiger partial charge in [0.1, 0.15) is 6.54 Å². The highest BCUT2D eigenvalue weighted by atomic mass is 35.5. The van der Waals surface area contributed by atoms with E-state index in [-0.39, 0.29) is 12.5 Å². The topological polar surface area (TPSA) is 47.9 Å². The van der Waals surface area contributed by atoms with Crippen LogP contribution in [-0.2, 0) is 11.3 Å². The van der Waals surface area contributed by atoms with Gasteiger partial charge in [-0.1, -0.05) is 35.9 Å². The summed E-state index contributed by atoms with van der Waals surface area (Å²) in [5, 5.41) is 3.92. The summed E-state index contributed by atoms with van der Waals surface area (Å²) in [7, 11) is 5.36. The molecule has 5 nitrogen and oxygen atoms in total. The van der Waals surface area contributed by atoms with E-state index in [0.29, 0.717) is 24.1 Å². The average Bonchev–Trinajstić information content (AvgIpc) is 2.46. The lowest BCUT2D eigenvalue weighted by molar-refractivity contribution is -0.127. The number of hydrogen-bond acceptors (Lipinski definition) is 2. The van der Waals surface area contributed by atoms with Crippen LogP contribution in [-0.4, -0.2) is 55.9 Å². The number of likely N-dealkylation sites (N-methyl/N-ethyl adjacent to an activating group) is 1. The Hall–Kier alpha value is -2.01. The lowest BCUT2D eigenvalue weighted by Crippen LogP contribution is -2.40. The normalized spacial score (nSPS) is 11.1. The zero-order chi connectivity index (χ0) is 17.4. The zero-order valence-corrected chi connectivity index (χ0v) is 15.0. The first-order valence-electron chi connectivity index (χ1n) is 7.38. The van der Waals surface area contributed by atoms with Gasteiger partial charge in [0, 0.05) is 39.3 Å². The Morgan fingerprint density at radius 3 is 2.61 bits per heavy atom. The number of carbonyl (C=O) groups is 1. The Balaban J connectivity index is 2.82. The monoisotopic (exact) mass is 336 g/mol. The van der Waals surface area contributed by atoms with Crippen LogP contribution in [0.2, 0.25) is 5.02 Å². The Bertz CT molecular complexity index is 584. The fourth-order valence-corrected chi connectivity index (χ4v) is 2.02. The van der Waals surface area contributed by atoms with Gasteiger partial charge in [-0.15, -0.1) is 0 Å². The Morgan fingerprint density at radius 2 is 2.04 bits per heavy atom. The van der Waals surface area contributed by atoms with E-state index >= 15 is 0 Å². The molecule has 23 heavy (non-hydrogen) atoms. The number of hydrogen-bond donors (Lipinski definition) is 1. The molecule has 0 atom stereocenters. The number of rotatable bonds is 6. The van der Waals surface area contributed by atoms with Crippen molar-refractivity contribution in [2.75, 3.05) is 34.2 Å². The molecule has 0 aliphatic heterocycles. The molecule has 1 aromatic carbocycles. The first-order valence-corrected chi connectivity index (χ1v) is 7.76. The van der Waals surface area contributed by atoms with Gasteiger partial charge in [0.2, 0.25) is 5.91 Å². The highest BCUT2D eigenvalue weighted by Gasteiger charge is 2.09. The molecule has 0 aliphatic rings. The number of nitrogens with zero attached hydrogens (tertiary/aromatic N) is 3. The Labute approximate surface area is 143 Å². The number of carbonyl (C=O) groups excluding carboxylic acids is 1. The Morgan fingerprint density at radius 1 is 1.35 bits per heavy atom. The van der Waals surface area contributed by atoms with Crippen molar-refractivity contribution in [2.45, 2.75) is 13.5 Å². The van der Waals surface area contributed by atoms with E-state index in [1.54, 1.807) is 14.1 Å². The van der Waals surface area contributed by atoms with Crippen LogP contribution in [0.5, 0.6) is 0 Å². The van der Waals surface area contributed by atoms with Crippen LogP contribution in [0.3, 0.4) is 0 Å². The van der Waals surface area contributed by atoms with Gasteiger partial charge < -0.3 is 15.1 Å². The van der Waals surface area contributed by atoms with Crippen LogP contribution in [0.4, 0.5) is 0 Å². The largest absolute Gasteiger partial charge is 0.353 e. The maximum Gasteiger partial charge on any atom is 0.243 e. The molecule has 1 aromatic rings. The molecule has 0 unspecified atom stereocenters. The zero-order valence-electron chi connectivity index (χ0n) is 14.3. The van der Waals surface area contributed by atoms with Crippen molar-refractivity contribution in [1.82, 2.24) is 15.1 Å². The third kappa shape index (κ3) is 7.19. The van der Waals surface area contributed by atoms with Gasteiger partial charge in [-0.25, -0.2) is 4.99 Å². The van der Waals surface area contributed by atoms with Crippen LogP contribution >= 0.6 is 11.6 Å². The summed E-state index contributed by atoms with van der Waals surface area (Å²) in [6.45, 7) is 7.16. The van der Waals surface area contributed by atoms with E-state index in [2.05, 4.69) is 16.9 Å². The summed E-state index contributed by atoms with van der Waals surface area (Å²) in [5.74, 6) is 0.610. The van der Waals surface area contributed by atoms with Gasteiger partial charge in [-0.3, -0.25) is 4.79 Å². The highest BCUT2D eigenvalue weighted by Crippen LogP contribution is 2.12. The maximum absolute atomic E-state index is 11.7.